The summed E-state index contributed by atoms with van der Waals surface area (Å²) in [6.07, 6.45) is 20.9. The Labute approximate surface area is 194 Å². The number of carbonyl (C=O) groups excluding carboxylic acids is 1. The van der Waals surface area contributed by atoms with Gasteiger partial charge in [-0.2, -0.15) is 0 Å². The summed E-state index contributed by atoms with van der Waals surface area (Å²) < 4.78 is 9.94. The Balaban J connectivity index is 0. The predicted molar refractivity (Wildman–Crippen MR) is 130 cm³/mol. The molecule has 0 aromatic rings. The maximum absolute atomic E-state index is 11.6. The number of rotatable bonds is 20. The van der Waals surface area contributed by atoms with E-state index >= 15 is 0 Å². The fraction of sp³-hybridized carbons (Fsp3) is 0.958. The summed E-state index contributed by atoms with van der Waals surface area (Å²) in [5.74, 6) is -0.0202. The van der Waals surface area contributed by atoms with E-state index in [0.717, 1.165) is 17.4 Å². The smallest absolute Gasteiger partial charge is 0.305 e. The molecule has 0 heterocycles. The minimum Gasteiger partial charge on any atom is -0.786 e. The molecule has 31 heavy (non-hydrogen) atoms. The van der Waals surface area contributed by atoms with E-state index in [1.54, 1.807) is 0 Å². The zero-order valence-electron chi connectivity index (χ0n) is 21.2. The van der Waals surface area contributed by atoms with E-state index in [9.17, 15) is 9.69 Å². The Hall–Kier alpha value is -0.260. The van der Waals surface area contributed by atoms with Gasteiger partial charge in [0.15, 0.2) is 0 Å². The number of likely N-dealkylation sites (N-methyl/N-ethyl adjacent to an activating group) is 1. The van der Waals surface area contributed by atoms with E-state index in [4.69, 9.17) is 9.63 Å². The zero-order chi connectivity index (χ0) is 23.8. The van der Waals surface area contributed by atoms with Crippen LogP contribution in [0.15, 0.2) is 0 Å². The van der Waals surface area contributed by atoms with Gasteiger partial charge in [0.05, 0.1) is 29.7 Å². The first-order valence-corrected chi connectivity index (χ1v) is 13.5. The van der Waals surface area contributed by atoms with Gasteiger partial charge >= 0.3 is 5.97 Å². The fourth-order valence-electron chi connectivity index (χ4n) is 3.15. The number of nitrogens with zero attached hydrogens (tertiary/aromatic N) is 1. The molecule has 7 heteroatoms. The van der Waals surface area contributed by atoms with Crippen LogP contribution < -0.4 is 4.89 Å². The quantitative estimate of drug-likeness (QED) is 0.108. The van der Waals surface area contributed by atoms with Crippen molar-refractivity contribution >= 4 is 14.6 Å². The van der Waals surface area contributed by atoms with Gasteiger partial charge in [-0.25, -0.2) is 0 Å². The molecule has 1 N–H and O–H groups in total. The molecule has 0 spiro atoms. The van der Waals surface area contributed by atoms with Gasteiger partial charge in [0.1, 0.15) is 13.2 Å². The van der Waals surface area contributed by atoms with Crippen LogP contribution >= 0.6 is 8.60 Å². The number of carbonyl (C=O) groups is 1. The summed E-state index contributed by atoms with van der Waals surface area (Å²) in [5, 5.41) is 0. The maximum atomic E-state index is 11.6. The summed E-state index contributed by atoms with van der Waals surface area (Å²) in [7, 11) is 5.16. The van der Waals surface area contributed by atoms with Gasteiger partial charge in [-0.05, 0) is 6.42 Å². The second-order valence-corrected chi connectivity index (χ2v) is 10.2. The number of esters is 1. The predicted octanol–water partition coefficient (Wildman–Crippen LogP) is 5.71. The lowest BCUT2D eigenvalue weighted by Crippen LogP contribution is -2.37. The van der Waals surface area contributed by atoms with Crippen LogP contribution in [-0.4, -0.2) is 56.8 Å². The van der Waals surface area contributed by atoms with Crippen molar-refractivity contribution in [3.63, 3.8) is 0 Å². The molecule has 188 valence electrons. The van der Waals surface area contributed by atoms with Crippen molar-refractivity contribution in [3.8, 4) is 0 Å². The molecule has 0 amide bonds. The van der Waals surface area contributed by atoms with Crippen molar-refractivity contribution in [1.82, 2.24) is 0 Å². The SMILES string of the molecule is CCCCCCCCCCCCCCCCCC(=O)OCC[N+](C)(C)C.COP([O-])O. The van der Waals surface area contributed by atoms with Crippen LogP contribution in [0.3, 0.4) is 0 Å². The summed E-state index contributed by atoms with van der Waals surface area (Å²) in [6.45, 7) is 3.70. The van der Waals surface area contributed by atoms with Crippen molar-refractivity contribution in [3.05, 3.63) is 0 Å². The monoisotopic (exact) mass is 465 g/mol. The van der Waals surface area contributed by atoms with Gasteiger partial charge in [-0.3, -0.25) is 4.79 Å². The Morgan fingerprint density at radius 2 is 1.16 bits per heavy atom. The molecule has 0 aliphatic heterocycles. The summed E-state index contributed by atoms with van der Waals surface area (Å²) in [5.41, 5.74) is 0. The standard InChI is InChI=1S/C23H48NO2.CH4O3P/c1-5-6-7-8-9-10-11-12-13-14-15-16-17-18-19-20-23(25)26-22-21-24(2,3)4;1-4-5(2)3/h5-22H2,1-4H3;2H,1H3/q+1;-1. The highest BCUT2D eigenvalue weighted by molar-refractivity contribution is 7.37. The third kappa shape index (κ3) is 34.5. The minimum atomic E-state index is -2.35. The maximum Gasteiger partial charge on any atom is 0.305 e. The lowest BCUT2D eigenvalue weighted by Gasteiger charge is -2.23. The Bertz CT molecular complexity index is 375. The summed E-state index contributed by atoms with van der Waals surface area (Å²) >= 11 is 0. The topological polar surface area (TPSA) is 78.8 Å². The summed E-state index contributed by atoms with van der Waals surface area (Å²) in [6, 6.07) is 0. The van der Waals surface area contributed by atoms with Gasteiger partial charge in [0, 0.05) is 13.5 Å². The molecule has 0 rings (SSSR count). The average molecular weight is 466 g/mol. The largest absolute Gasteiger partial charge is 0.786 e. The zero-order valence-corrected chi connectivity index (χ0v) is 22.1. The number of hydrogen-bond donors (Lipinski definition) is 1. The first kappa shape index (κ1) is 32.9. The van der Waals surface area contributed by atoms with E-state index < -0.39 is 8.60 Å². The molecule has 0 saturated heterocycles. The van der Waals surface area contributed by atoms with Crippen molar-refractivity contribution < 1.29 is 28.3 Å². The highest BCUT2D eigenvalue weighted by Crippen LogP contribution is 2.14. The number of hydrogen-bond acceptors (Lipinski definition) is 5. The van der Waals surface area contributed by atoms with Crippen LogP contribution in [-0.2, 0) is 14.1 Å². The van der Waals surface area contributed by atoms with Crippen molar-refractivity contribution in [2.75, 3.05) is 41.4 Å². The molecule has 6 nitrogen and oxygen atoms in total. The summed E-state index contributed by atoms with van der Waals surface area (Å²) in [4.78, 5) is 28.6. The van der Waals surface area contributed by atoms with Gasteiger partial charge in [-0.1, -0.05) is 96.8 Å². The molecule has 0 fully saturated rings. The van der Waals surface area contributed by atoms with Crippen LogP contribution in [0, 0.1) is 0 Å². The molecule has 0 bridgehead atoms. The highest BCUT2D eigenvalue weighted by Gasteiger charge is 2.09. The Morgan fingerprint density at radius 1 is 0.806 bits per heavy atom. The van der Waals surface area contributed by atoms with Crippen molar-refractivity contribution in [2.24, 2.45) is 0 Å². The molecule has 0 aromatic carbocycles. The van der Waals surface area contributed by atoms with E-state index in [2.05, 4.69) is 32.6 Å². The minimum absolute atomic E-state index is 0.0202. The van der Waals surface area contributed by atoms with E-state index in [1.165, 1.54) is 97.0 Å². The molecular weight excluding hydrogens is 413 g/mol. The van der Waals surface area contributed by atoms with Crippen molar-refractivity contribution in [1.29, 1.82) is 0 Å². The van der Waals surface area contributed by atoms with Crippen LogP contribution in [0.4, 0.5) is 0 Å². The van der Waals surface area contributed by atoms with E-state index in [0.29, 0.717) is 13.0 Å². The fourth-order valence-corrected chi connectivity index (χ4v) is 3.15. The van der Waals surface area contributed by atoms with Crippen LogP contribution in [0.5, 0.6) is 0 Å². The van der Waals surface area contributed by atoms with Gasteiger partial charge in [0.25, 0.3) is 0 Å². The highest BCUT2D eigenvalue weighted by atomic mass is 31.2. The number of unbranched alkanes of at least 4 members (excludes halogenated alkanes) is 14. The molecule has 1 atom stereocenters. The van der Waals surface area contributed by atoms with Crippen LogP contribution in [0.1, 0.15) is 110 Å². The van der Waals surface area contributed by atoms with Crippen LogP contribution in [0.25, 0.3) is 0 Å². The lowest BCUT2D eigenvalue weighted by atomic mass is 10.0. The average Bonchev–Trinajstić information content (AvgIpc) is 2.70. The van der Waals surface area contributed by atoms with Crippen LogP contribution in [0.2, 0.25) is 0 Å². The number of ether oxygens (including phenoxy) is 1. The molecule has 0 aliphatic rings. The number of quaternary nitrogens is 1. The Morgan fingerprint density at radius 3 is 1.48 bits per heavy atom. The van der Waals surface area contributed by atoms with Crippen molar-refractivity contribution in [2.45, 2.75) is 110 Å². The molecule has 1 unspecified atom stereocenters. The molecular formula is C24H52NO5P. The first-order chi connectivity index (χ1) is 14.7. The van der Waals surface area contributed by atoms with Gasteiger partial charge in [-0.15, -0.1) is 0 Å². The third-order valence-electron chi connectivity index (χ3n) is 5.17. The molecule has 0 aliphatic carbocycles. The first-order valence-electron chi connectivity index (χ1n) is 12.4. The third-order valence-corrected chi connectivity index (χ3v) is 5.48. The second-order valence-electron chi connectivity index (χ2n) is 9.35. The normalized spacial score (nSPS) is 12.2. The molecule has 0 saturated carbocycles. The lowest BCUT2D eigenvalue weighted by molar-refractivity contribution is -0.870. The van der Waals surface area contributed by atoms with E-state index in [1.807, 2.05) is 0 Å². The van der Waals surface area contributed by atoms with Gasteiger partial charge < -0.3 is 23.5 Å². The van der Waals surface area contributed by atoms with Gasteiger partial charge in [0.2, 0.25) is 0 Å². The molecule has 0 radical (unpaired) electrons. The van der Waals surface area contributed by atoms with E-state index in [-0.39, 0.29) is 5.97 Å². The molecule has 0 aromatic heterocycles. The second kappa shape index (κ2) is 24.4. The Kier molecular flexibility index (Phi) is 25.9.